The zero-order valence-corrected chi connectivity index (χ0v) is 35.9. The molecule has 0 spiro atoms. The van der Waals surface area contributed by atoms with E-state index < -0.39 is 102 Å². The number of Topliss-reactive ketones (excluding diaryl/α,β-unsaturated/α-hetero) is 1. The summed E-state index contributed by atoms with van der Waals surface area (Å²) >= 11 is 6.55. The molecule has 0 saturated carbocycles. The molecule has 333 valence electrons. The number of nitrogens with one attached hydrogen (secondary N) is 3. The Kier molecular flexibility index (Phi) is 26.6. The van der Waals surface area contributed by atoms with Crippen molar-refractivity contribution in [1.82, 2.24) is 30.7 Å². The van der Waals surface area contributed by atoms with Crippen molar-refractivity contribution >= 4 is 90.2 Å². The van der Waals surface area contributed by atoms with E-state index in [4.69, 9.17) is 21.2 Å². The number of likely N-dealkylation sites (tertiary alicyclic amines) is 1. The Morgan fingerprint density at radius 3 is 2.02 bits per heavy atom. The fraction of sp³-hybridized carbons (Fsp3) is 0.667. The van der Waals surface area contributed by atoms with Crippen molar-refractivity contribution < 1.29 is 100 Å². The van der Waals surface area contributed by atoms with Crippen LogP contribution in [-0.2, 0) is 87.7 Å². The molecule has 6 atom stereocenters. The first-order valence-corrected chi connectivity index (χ1v) is 20.1. The number of rotatable bonds is 29. The number of aliphatic carboxylic acids is 4. The van der Waals surface area contributed by atoms with Gasteiger partial charge in [-0.25, -0.2) is 9.59 Å². The first-order valence-electron chi connectivity index (χ1n) is 17.8. The van der Waals surface area contributed by atoms with Gasteiger partial charge in [0.05, 0.1) is 24.1 Å². The molecule has 59 heavy (non-hydrogen) atoms. The van der Waals surface area contributed by atoms with Gasteiger partial charge in [0, 0.05) is 52.1 Å². The van der Waals surface area contributed by atoms with Gasteiger partial charge < -0.3 is 63.5 Å². The molecule has 1 unspecified atom stereocenters. The van der Waals surface area contributed by atoms with E-state index in [-0.39, 0.29) is 62.4 Å². The van der Waals surface area contributed by atoms with Crippen LogP contribution in [0.25, 0.3) is 0 Å². The van der Waals surface area contributed by atoms with Gasteiger partial charge in [-0.3, -0.25) is 48.1 Å². The maximum absolute atomic E-state index is 13.3. The van der Waals surface area contributed by atoms with E-state index in [2.05, 4.69) is 20.7 Å². The normalized spacial score (nSPS) is 15.9. The van der Waals surface area contributed by atoms with Gasteiger partial charge in [-0.2, -0.15) is 0 Å². The van der Waals surface area contributed by atoms with Crippen LogP contribution in [0, 0.1) is 0 Å². The summed E-state index contributed by atoms with van der Waals surface area (Å²) in [6.45, 7) is 0.0396. The van der Waals surface area contributed by atoms with E-state index in [1.807, 2.05) is 0 Å². The third-order valence-electron chi connectivity index (χ3n) is 8.82. The van der Waals surface area contributed by atoms with Crippen molar-refractivity contribution in [2.75, 3.05) is 39.2 Å². The Labute approximate surface area is 358 Å². The summed E-state index contributed by atoms with van der Waals surface area (Å²) in [6.07, 6.45) is -1.80. The molecule has 1 saturated heterocycles. The summed E-state index contributed by atoms with van der Waals surface area (Å²) in [4.78, 5) is 136. The van der Waals surface area contributed by atoms with E-state index in [1.165, 1.54) is 14.1 Å². The van der Waals surface area contributed by atoms with Crippen LogP contribution in [0.15, 0.2) is 0 Å². The predicted octanol–water partition coefficient (Wildman–Crippen LogP) is -1.90. The van der Waals surface area contributed by atoms with Gasteiger partial charge in [0.15, 0.2) is 6.23 Å². The Bertz CT molecular complexity index is 1530. The van der Waals surface area contributed by atoms with Gasteiger partial charge in [-0.05, 0) is 26.3 Å². The van der Waals surface area contributed by atoms with E-state index in [0.29, 0.717) is 19.3 Å². The van der Waals surface area contributed by atoms with Gasteiger partial charge in [0.1, 0.15) is 23.9 Å². The molecule has 1 aliphatic heterocycles. The zero-order chi connectivity index (χ0) is 45.4. The van der Waals surface area contributed by atoms with Gasteiger partial charge in [0.25, 0.3) is 6.47 Å². The van der Waals surface area contributed by atoms with Crippen LogP contribution in [-0.4, -0.2) is 176 Å². The molecule has 1 fully saturated rings. The van der Waals surface area contributed by atoms with E-state index in [0.717, 1.165) is 52.4 Å². The zero-order valence-electron chi connectivity index (χ0n) is 32.4. The number of thioether (sulfide) groups is 1. The number of hydrogen-bond acceptors (Lipinski definition) is 16. The molecule has 0 aromatic carbocycles. The molecule has 0 radical (unpaired) electrons. The van der Waals surface area contributed by atoms with Crippen LogP contribution in [0.2, 0.25) is 0 Å². The Morgan fingerprint density at radius 1 is 0.864 bits per heavy atom. The third-order valence-corrected chi connectivity index (χ3v) is 10.4. The number of carbonyl (C=O) groups is 11. The number of nitrogens with zero attached hydrogens (tertiary/aromatic N) is 3. The van der Waals surface area contributed by atoms with E-state index >= 15 is 0 Å². The summed E-state index contributed by atoms with van der Waals surface area (Å²) in [7, 11) is 3.80. The number of carboxylic acid groups (broad SMARTS) is 4. The Morgan fingerprint density at radius 2 is 1.49 bits per heavy atom. The summed E-state index contributed by atoms with van der Waals surface area (Å²) in [5.41, 5.74) is 0. The number of amides is 6. The molecule has 0 aromatic heterocycles. The molecule has 1 rings (SSSR count). The van der Waals surface area contributed by atoms with Crippen LogP contribution < -0.4 is 16.0 Å². The second-order valence-corrected chi connectivity index (χ2v) is 14.4. The fourth-order valence-corrected chi connectivity index (χ4v) is 7.08. The van der Waals surface area contributed by atoms with Crippen molar-refractivity contribution in [3.05, 3.63) is 0 Å². The number of urea groups is 1. The number of ketones is 1. The quantitative estimate of drug-likeness (QED) is 0.0142. The van der Waals surface area contributed by atoms with Crippen molar-refractivity contribution in [2.45, 2.75) is 99.9 Å². The second-order valence-electron chi connectivity index (χ2n) is 12.8. The second kappa shape index (κ2) is 28.8. The molecule has 1 aliphatic rings. The molecule has 6 amide bonds. The summed E-state index contributed by atoms with van der Waals surface area (Å²) in [5.74, 6) is -9.00. The van der Waals surface area contributed by atoms with Gasteiger partial charge in [0.2, 0.25) is 23.6 Å². The number of likely N-dealkylation sites (N-methyl/N-ethyl adjacent to an activating group) is 3. The summed E-state index contributed by atoms with van der Waals surface area (Å²) in [5, 5.41) is 43.2. The van der Waals surface area contributed by atoms with Crippen molar-refractivity contribution in [1.29, 1.82) is 0 Å². The van der Waals surface area contributed by atoms with Crippen molar-refractivity contribution in [2.24, 2.45) is 0 Å². The molecule has 26 heteroatoms. The van der Waals surface area contributed by atoms with Crippen LogP contribution in [0.5, 0.6) is 0 Å². The molecular weight excluding hydrogens is 915 g/mol. The number of hydrogen-bond donors (Lipinski definition) is 7. The SMILES string of the molecule is CN[C@@H](CCC(=O)CCCCCN1C(=O)CC(SC[C@H](NC(=O)N[C@@H](CCC(=O)O)OC=O)C(=O)O)C1=O)C(=O)N(C)[C@@H](CC(=O)O)C(=O)N(C)[C@@H](C[S-])C(=O)O.[O]=[99Tc]. The molecule has 7 N–H and O–H groups in total. The minimum absolute atomic E-state index is 0.00684. The molecular formula is C33H49N6O17S2Tc-. The van der Waals surface area contributed by atoms with Crippen molar-refractivity contribution in [3.8, 4) is 0 Å². The van der Waals surface area contributed by atoms with Gasteiger partial charge in [-0.1, -0.05) is 6.42 Å². The Hall–Kier alpha value is -4.52. The predicted molar refractivity (Wildman–Crippen MR) is 200 cm³/mol. The van der Waals surface area contributed by atoms with Crippen molar-refractivity contribution in [3.63, 3.8) is 0 Å². The maximum atomic E-state index is 13.3. The molecule has 0 aliphatic carbocycles. The first kappa shape index (κ1) is 54.5. The Balaban J connectivity index is 0.0000165. The molecule has 0 aromatic rings. The van der Waals surface area contributed by atoms with Crippen LogP contribution in [0.4, 0.5) is 4.79 Å². The average molecular weight is 965 g/mol. The number of unbranched alkanes of at least 4 members (excludes halogenated alkanes) is 2. The molecule has 23 nitrogen and oxygen atoms in total. The van der Waals surface area contributed by atoms with Gasteiger partial charge in [-0.15, -0.1) is 17.5 Å². The monoisotopic (exact) mass is 964 g/mol. The number of carbonyl (C=O) groups excluding carboxylic acids is 7. The standard InChI is InChI=1S/C33H50N6O16S2.O.Tc/c1-34-19(28(47)37(2)21(13-27(45)46)29(48)38(3)22(15-56)32(52)53)9-8-18(41)7-5-4-6-12-39-25(42)14-23(30(39)49)57-16-20(31(50)51)35-33(54)36-24(55-17-40)10-11-26(43)44;;/h17,19-24,34,56H,4-16H2,1-3H3,(H,43,44)(H,45,46)(H,50,51)(H,52,53)(H2,35,36,54);;/p-1/t19-,20-,21-,22-,23?,24+;;/m0../s1/i;;1+1. The van der Waals surface area contributed by atoms with E-state index in [9.17, 15) is 68.1 Å². The third kappa shape index (κ3) is 19.4. The average Bonchev–Trinajstić information content (AvgIpc) is 3.45. The van der Waals surface area contributed by atoms with E-state index in [1.54, 1.807) is 0 Å². The molecule has 1 heterocycles. The number of carboxylic acids is 4. The van der Waals surface area contributed by atoms with Crippen LogP contribution in [0.3, 0.4) is 0 Å². The molecule has 0 bridgehead atoms. The number of imide groups is 1. The summed E-state index contributed by atoms with van der Waals surface area (Å²) in [6, 6.07) is -6.54. The number of ether oxygens (including phenoxy) is 1. The van der Waals surface area contributed by atoms with Crippen LogP contribution >= 0.6 is 11.8 Å². The van der Waals surface area contributed by atoms with Crippen LogP contribution in [0.1, 0.15) is 64.2 Å². The summed E-state index contributed by atoms with van der Waals surface area (Å²) < 4.78 is 12.8. The topological polar surface area (TPSA) is 341 Å². The minimum atomic E-state index is -1.54. The van der Waals surface area contributed by atoms with Gasteiger partial charge >= 0.3 is 52.3 Å². The fourth-order valence-electron chi connectivity index (χ4n) is 5.53. The first-order chi connectivity index (χ1) is 27.8.